The number of benzene rings is 1. The van der Waals surface area contributed by atoms with Gasteiger partial charge in [-0.1, -0.05) is 6.07 Å². The summed E-state index contributed by atoms with van der Waals surface area (Å²) in [5, 5.41) is 3.04. The van der Waals surface area contributed by atoms with E-state index in [4.69, 9.17) is 9.47 Å². The molecule has 8 heteroatoms. The lowest BCUT2D eigenvalue weighted by Gasteiger charge is -2.41. The Hall–Kier alpha value is -2.22. The molecule has 1 aliphatic rings. The highest BCUT2D eigenvalue weighted by Gasteiger charge is 2.45. The molecule has 0 spiro atoms. The van der Waals surface area contributed by atoms with Crippen LogP contribution in [0.15, 0.2) is 18.2 Å². The number of rotatable bonds is 3. The summed E-state index contributed by atoms with van der Waals surface area (Å²) >= 11 is 0. The highest BCUT2D eigenvalue weighted by Crippen LogP contribution is 2.23. The maximum atomic E-state index is 14.1. The minimum Gasteiger partial charge on any atom is -0.468 e. The molecule has 1 N–H and O–H groups in total. The van der Waals surface area contributed by atoms with E-state index in [0.29, 0.717) is 13.1 Å². The lowest BCUT2D eigenvalue weighted by atomic mass is 9.88. The second kappa shape index (κ2) is 7.57. The van der Waals surface area contributed by atoms with Crippen LogP contribution in [0.2, 0.25) is 0 Å². The molecule has 0 saturated carbocycles. The van der Waals surface area contributed by atoms with E-state index in [2.05, 4.69) is 5.32 Å². The van der Waals surface area contributed by atoms with Crippen LogP contribution >= 0.6 is 0 Å². The molecule has 1 fully saturated rings. The first-order valence-electron chi connectivity index (χ1n) is 8.32. The van der Waals surface area contributed by atoms with Crippen LogP contribution in [0.25, 0.3) is 0 Å². The second-order valence-corrected chi connectivity index (χ2v) is 7.31. The first-order chi connectivity index (χ1) is 12.1. The molecule has 1 amide bonds. The fraction of sp³-hybridized carbons (Fsp3) is 0.556. The largest absolute Gasteiger partial charge is 0.468 e. The van der Waals surface area contributed by atoms with Crippen molar-refractivity contribution in [2.24, 2.45) is 0 Å². The Balaban J connectivity index is 2.28. The predicted molar refractivity (Wildman–Crippen MR) is 90.6 cm³/mol. The molecule has 1 aliphatic heterocycles. The van der Waals surface area contributed by atoms with Gasteiger partial charge in [0.2, 0.25) is 0 Å². The molecule has 0 bridgehead atoms. The van der Waals surface area contributed by atoms with E-state index in [9.17, 15) is 18.4 Å². The molecule has 1 aromatic rings. The van der Waals surface area contributed by atoms with Crippen molar-refractivity contribution in [3.63, 3.8) is 0 Å². The van der Waals surface area contributed by atoms with Crippen molar-refractivity contribution in [2.75, 3.05) is 26.7 Å². The topological polar surface area (TPSA) is 67.9 Å². The maximum Gasteiger partial charge on any atom is 0.410 e. The summed E-state index contributed by atoms with van der Waals surface area (Å²) in [5.74, 6) is -2.09. The summed E-state index contributed by atoms with van der Waals surface area (Å²) in [5.41, 5.74) is -1.88. The van der Waals surface area contributed by atoms with Crippen molar-refractivity contribution in [3.05, 3.63) is 35.4 Å². The highest BCUT2D eigenvalue weighted by atomic mass is 19.1. The van der Waals surface area contributed by atoms with E-state index in [-0.39, 0.29) is 18.5 Å². The number of hydrogen-bond acceptors (Lipinski definition) is 5. The van der Waals surface area contributed by atoms with Crippen LogP contribution in [-0.4, -0.2) is 54.8 Å². The molecule has 0 radical (unpaired) electrons. The van der Waals surface area contributed by atoms with Gasteiger partial charge >= 0.3 is 12.1 Å². The molecule has 1 heterocycles. The minimum absolute atomic E-state index is 0.0502. The highest BCUT2D eigenvalue weighted by molar-refractivity contribution is 5.83. The third-order valence-corrected chi connectivity index (χ3v) is 4.04. The molecule has 1 aromatic carbocycles. The SMILES string of the molecule is COC(=O)C1(Cc2ccc(F)cc2F)CN(C(=O)OC(C)(C)C)CCN1. The van der Waals surface area contributed by atoms with E-state index in [0.717, 1.165) is 12.1 Å². The Labute approximate surface area is 151 Å². The summed E-state index contributed by atoms with van der Waals surface area (Å²) in [6.07, 6.45) is -0.655. The average molecular weight is 370 g/mol. The number of ether oxygens (including phenoxy) is 2. The number of amides is 1. The van der Waals surface area contributed by atoms with Crippen molar-refractivity contribution in [2.45, 2.75) is 38.3 Å². The van der Waals surface area contributed by atoms with Gasteiger partial charge in [-0.25, -0.2) is 18.4 Å². The van der Waals surface area contributed by atoms with E-state index < -0.39 is 34.8 Å². The van der Waals surface area contributed by atoms with Crippen LogP contribution in [0, 0.1) is 11.6 Å². The number of piperazine rings is 1. The average Bonchev–Trinajstić information content (AvgIpc) is 2.55. The van der Waals surface area contributed by atoms with E-state index in [1.54, 1.807) is 20.8 Å². The Morgan fingerprint density at radius 2 is 2.00 bits per heavy atom. The monoisotopic (exact) mass is 370 g/mol. The summed E-state index contributed by atoms with van der Waals surface area (Å²) in [6.45, 7) is 5.82. The van der Waals surface area contributed by atoms with Crippen molar-refractivity contribution in [1.82, 2.24) is 10.2 Å². The van der Waals surface area contributed by atoms with Crippen LogP contribution in [-0.2, 0) is 20.7 Å². The summed E-state index contributed by atoms with van der Waals surface area (Å²) < 4.78 is 37.5. The number of nitrogens with one attached hydrogen (secondary N) is 1. The first kappa shape index (κ1) is 20.1. The van der Waals surface area contributed by atoms with Crippen LogP contribution < -0.4 is 5.32 Å². The van der Waals surface area contributed by atoms with Gasteiger partial charge in [-0.05, 0) is 32.4 Å². The van der Waals surface area contributed by atoms with Gasteiger partial charge in [-0.3, -0.25) is 5.32 Å². The van der Waals surface area contributed by atoms with Crippen molar-refractivity contribution in [3.8, 4) is 0 Å². The number of methoxy groups -OCH3 is 1. The zero-order chi connectivity index (χ0) is 19.5. The summed E-state index contributed by atoms with van der Waals surface area (Å²) in [6, 6.07) is 3.16. The molecule has 144 valence electrons. The van der Waals surface area contributed by atoms with Gasteiger partial charge in [0.25, 0.3) is 0 Å². The van der Waals surface area contributed by atoms with Crippen LogP contribution in [0.4, 0.5) is 13.6 Å². The molecule has 0 aromatic heterocycles. The lowest BCUT2D eigenvalue weighted by Crippen LogP contribution is -2.67. The van der Waals surface area contributed by atoms with Crippen LogP contribution in [0.3, 0.4) is 0 Å². The third-order valence-electron chi connectivity index (χ3n) is 4.04. The zero-order valence-electron chi connectivity index (χ0n) is 15.4. The van der Waals surface area contributed by atoms with E-state index in [1.165, 1.54) is 18.1 Å². The minimum atomic E-state index is -1.34. The van der Waals surface area contributed by atoms with Gasteiger partial charge < -0.3 is 14.4 Å². The molecule has 1 atom stereocenters. The van der Waals surface area contributed by atoms with Gasteiger partial charge in [-0.15, -0.1) is 0 Å². The molecular formula is C18H24F2N2O4. The molecule has 1 saturated heterocycles. The third kappa shape index (κ3) is 4.69. The number of carbonyl (C=O) groups excluding carboxylic acids is 2. The first-order valence-corrected chi connectivity index (χ1v) is 8.32. The van der Waals surface area contributed by atoms with Crippen molar-refractivity contribution < 1.29 is 27.8 Å². The van der Waals surface area contributed by atoms with Crippen LogP contribution in [0.1, 0.15) is 26.3 Å². The fourth-order valence-electron chi connectivity index (χ4n) is 2.89. The lowest BCUT2D eigenvalue weighted by molar-refractivity contribution is -0.150. The van der Waals surface area contributed by atoms with Crippen LogP contribution in [0.5, 0.6) is 0 Å². The quantitative estimate of drug-likeness (QED) is 0.827. The van der Waals surface area contributed by atoms with Gasteiger partial charge in [-0.2, -0.15) is 0 Å². The number of hydrogen-bond donors (Lipinski definition) is 1. The standard InChI is InChI=1S/C18H24F2N2O4/c1-17(2,3)26-16(24)22-8-7-21-18(11-22,15(23)25-4)10-12-5-6-13(19)9-14(12)20/h5-6,9,21H,7-8,10-11H2,1-4H3. The number of nitrogens with zero attached hydrogens (tertiary/aromatic N) is 1. The molecular weight excluding hydrogens is 346 g/mol. The Morgan fingerprint density at radius 3 is 2.58 bits per heavy atom. The smallest absolute Gasteiger partial charge is 0.410 e. The van der Waals surface area contributed by atoms with Crippen molar-refractivity contribution >= 4 is 12.1 Å². The molecule has 6 nitrogen and oxygen atoms in total. The Morgan fingerprint density at radius 1 is 1.31 bits per heavy atom. The number of esters is 1. The summed E-state index contributed by atoms with van der Waals surface area (Å²) in [4.78, 5) is 26.2. The van der Waals surface area contributed by atoms with Gasteiger partial charge in [0, 0.05) is 25.6 Å². The zero-order valence-corrected chi connectivity index (χ0v) is 15.4. The number of carbonyl (C=O) groups is 2. The number of halogens is 2. The van der Waals surface area contributed by atoms with Gasteiger partial charge in [0.05, 0.1) is 13.7 Å². The fourth-order valence-corrected chi connectivity index (χ4v) is 2.89. The predicted octanol–water partition coefficient (Wildman–Crippen LogP) is 2.26. The van der Waals surface area contributed by atoms with Gasteiger partial charge in [0.15, 0.2) is 0 Å². The van der Waals surface area contributed by atoms with E-state index >= 15 is 0 Å². The molecule has 1 unspecified atom stereocenters. The Kier molecular flexibility index (Phi) is 5.85. The summed E-state index contributed by atoms with van der Waals surface area (Å²) in [7, 11) is 1.22. The van der Waals surface area contributed by atoms with E-state index in [1.807, 2.05) is 0 Å². The maximum absolute atomic E-state index is 14.1. The second-order valence-electron chi connectivity index (χ2n) is 7.31. The molecule has 26 heavy (non-hydrogen) atoms. The Bertz CT molecular complexity index is 690. The molecule has 2 rings (SSSR count). The molecule has 0 aliphatic carbocycles. The van der Waals surface area contributed by atoms with Gasteiger partial charge in [0.1, 0.15) is 22.8 Å². The normalized spacial score (nSPS) is 20.6. The van der Waals surface area contributed by atoms with Crippen molar-refractivity contribution in [1.29, 1.82) is 0 Å².